The van der Waals surface area contributed by atoms with Crippen LogP contribution < -0.4 is 10.2 Å². The molecule has 5 heteroatoms. The largest absolute Gasteiger partial charge is 0.337 e. The topological polar surface area (TPSA) is 87.5 Å². The summed E-state index contributed by atoms with van der Waals surface area (Å²) in [7, 11) is 0. The summed E-state index contributed by atoms with van der Waals surface area (Å²) in [5.74, 6) is 0. The number of nitrogens with one attached hydrogen (secondary N) is 1. The minimum Gasteiger partial charge on any atom is -0.337 e. The van der Waals surface area contributed by atoms with E-state index < -0.39 is 0 Å². The Labute approximate surface area is 163 Å². The molecule has 5 nitrogen and oxygen atoms in total. The molecule has 1 heterocycles. The fourth-order valence-electron chi connectivity index (χ4n) is 2.83. The lowest BCUT2D eigenvalue weighted by atomic mass is 10.0. The van der Waals surface area contributed by atoms with Gasteiger partial charge in [-0.3, -0.25) is 4.98 Å². The van der Waals surface area contributed by atoms with E-state index in [4.69, 9.17) is 10.5 Å². The summed E-state index contributed by atoms with van der Waals surface area (Å²) in [6, 6.07) is 27.1. The molecule has 0 fully saturated rings. The van der Waals surface area contributed by atoms with Gasteiger partial charge in [0.25, 0.3) is 0 Å². The zero-order chi connectivity index (χ0) is 19.8. The van der Waals surface area contributed by atoms with Crippen molar-refractivity contribution in [3.8, 4) is 18.2 Å². The number of nitrogens with zero attached hydrogens (tertiary/aromatic N) is 4. The Morgan fingerprint density at radius 2 is 1.61 bits per heavy atom. The Morgan fingerprint density at radius 3 is 2.18 bits per heavy atom. The monoisotopic (exact) mass is 362 g/mol. The van der Waals surface area contributed by atoms with Gasteiger partial charge >= 0.3 is 6.07 Å². The summed E-state index contributed by atoms with van der Waals surface area (Å²) in [5.41, 5.74) is 3.68. The van der Waals surface area contributed by atoms with Crippen LogP contribution in [0.1, 0.15) is 11.1 Å². The first-order chi connectivity index (χ1) is 13.8. The highest BCUT2D eigenvalue weighted by atomic mass is 15.1. The molecule has 0 aliphatic rings. The van der Waals surface area contributed by atoms with Crippen LogP contribution in [-0.4, -0.2) is 4.98 Å². The predicted molar refractivity (Wildman–Crippen MR) is 106 cm³/mol. The molecule has 0 aliphatic heterocycles. The Kier molecular flexibility index (Phi) is 5.79. The number of nitriles is 2. The number of anilines is 2. The van der Waals surface area contributed by atoms with E-state index in [-0.39, 0.29) is 11.1 Å². The third-order valence-corrected chi connectivity index (χ3v) is 4.20. The van der Waals surface area contributed by atoms with Crippen LogP contribution in [0.3, 0.4) is 0 Å². The molecule has 1 N–H and O–H groups in total. The van der Waals surface area contributed by atoms with Gasteiger partial charge in [-0.15, -0.1) is 0 Å². The van der Waals surface area contributed by atoms with Crippen LogP contribution in [0.4, 0.5) is 11.4 Å². The van der Waals surface area contributed by atoms with Crippen LogP contribution in [0.15, 0.2) is 84.7 Å². The number of benzene rings is 2. The quantitative estimate of drug-likeness (QED) is 0.707. The number of hydrogen-bond donors (Lipinski definition) is 1. The van der Waals surface area contributed by atoms with Crippen LogP contribution in [0.25, 0.3) is 5.57 Å². The molecule has 0 spiro atoms. The Morgan fingerprint density at radius 1 is 0.893 bits per heavy atom. The molecule has 3 rings (SSSR count). The minimum atomic E-state index is -0.0782. The van der Waals surface area contributed by atoms with Gasteiger partial charge in [-0.2, -0.15) is 10.5 Å². The summed E-state index contributed by atoms with van der Waals surface area (Å²) in [6.07, 6.45) is 3.58. The minimum absolute atomic E-state index is 0.0782. The molecule has 0 atom stereocenters. The van der Waals surface area contributed by atoms with E-state index >= 15 is 0 Å². The molecule has 2 aromatic carbocycles. The molecule has 132 valence electrons. The van der Waals surface area contributed by atoms with Gasteiger partial charge in [-0.1, -0.05) is 41.7 Å². The summed E-state index contributed by atoms with van der Waals surface area (Å²) in [5, 5.41) is 25.6. The van der Waals surface area contributed by atoms with Gasteiger partial charge in [0.05, 0.1) is 5.57 Å². The van der Waals surface area contributed by atoms with Crippen molar-refractivity contribution in [3.63, 3.8) is 0 Å². The molecule has 0 saturated heterocycles. The van der Waals surface area contributed by atoms with Crippen molar-refractivity contribution in [1.82, 2.24) is 4.98 Å². The molecule has 0 saturated carbocycles. The van der Waals surface area contributed by atoms with Crippen molar-refractivity contribution in [2.24, 2.45) is 0 Å². The summed E-state index contributed by atoms with van der Waals surface area (Å²) in [6.45, 7) is 0.635. The van der Waals surface area contributed by atoms with Gasteiger partial charge in [-0.05, 0) is 41.5 Å². The first-order valence-corrected chi connectivity index (χ1v) is 8.56. The van der Waals surface area contributed by atoms with Crippen LogP contribution in [0.5, 0.6) is 0 Å². The summed E-state index contributed by atoms with van der Waals surface area (Å²) in [4.78, 5) is 6.33. The van der Waals surface area contributed by atoms with Crippen LogP contribution in [0, 0.1) is 28.7 Å². The summed E-state index contributed by atoms with van der Waals surface area (Å²) < 4.78 is 0. The van der Waals surface area contributed by atoms with E-state index in [9.17, 15) is 5.26 Å². The molecule has 0 amide bonds. The number of allylic oxidation sites excluding steroid dienone is 2. The Hall–Kier alpha value is -4.40. The van der Waals surface area contributed by atoms with E-state index in [0.29, 0.717) is 12.1 Å². The van der Waals surface area contributed by atoms with Crippen molar-refractivity contribution < 1.29 is 5.26 Å². The zero-order valence-electron chi connectivity index (χ0n) is 15.0. The van der Waals surface area contributed by atoms with Gasteiger partial charge < -0.3 is 4.90 Å². The highest BCUT2D eigenvalue weighted by molar-refractivity contribution is 5.84. The predicted octanol–water partition coefficient (Wildman–Crippen LogP) is 2.99. The van der Waals surface area contributed by atoms with E-state index in [1.54, 1.807) is 18.3 Å². The molecule has 0 aliphatic carbocycles. The summed E-state index contributed by atoms with van der Waals surface area (Å²) >= 11 is 0. The van der Waals surface area contributed by atoms with Crippen LogP contribution >= 0.6 is 0 Å². The van der Waals surface area contributed by atoms with Crippen LogP contribution in [-0.2, 0) is 6.54 Å². The van der Waals surface area contributed by atoms with E-state index in [1.807, 2.05) is 79.0 Å². The number of aromatic nitrogens is 1. The molecule has 0 unspecified atom stereocenters. The molecule has 3 aromatic rings. The highest BCUT2D eigenvalue weighted by Crippen LogP contribution is 2.29. The maximum Gasteiger partial charge on any atom is 0.321 e. The Balaban J connectivity index is 2.00. The average molecular weight is 362 g/mol. The van der Waals surface area contributed by atoms with Crippen molar-refractivity contribution in [3.05, 3.63) is 95.8 Å². The van der Waals surface area contributed by atoms with Gasteiger partial charge in [0.2, 0.25) is 0 Å². The fraction of sp³-hybridized carbons (Fsp3) is 0.0435. The van der Waals surface area contributed by atoms with Crippen molar-refractivity contribution >= 4 is 16.9 Å². The van der Waals surface area contributed by atoms with Gasteiger partial charge in [-0.25, -0.2) is 0 Å². The first-order valence-electron chi connectivity index (χ1n) is 8.56. The van der Waals surface area contributed by atoms with E-state index in [2.05, 4.69) is 9.88 Å². The van der Waals surface area contributed by atoms with Crippen molar-refractivity contribution in [2.45, 2.75) is 6.54 Å². The second-order valence-electron chi connectivity index (χ2n) is 5.93. The van der Waals surface area contributed by atoms with Crippen molar-refractivity contribution in [2.75, 3.05) is 4.90 Å². The third kappa shape index (κ3) is 4.05. The smallest absolute Gasteiger partial charge is 0.321 e. The SMILES string of the molecule is N#CC(C#[NH+])=C(C#N)c1ccc(N(Cc2cccnc2)c2ccccc2)cc1. The second kappa shape index (κ2) is 8.81. The molecular weight excluding hydrogens is 346 g/mol. The second-order valence-corrected chi connectivity index (χ2v) is 5.93. The maximum absolute atomic E-state index is 9.36. The lowest BCUT2D eigenvalue weighted by molar-refractivity contribution is -0.0908. The highest BCUT2D eigenvalue weighted by Gasteiger charge is 2.14. The van der Waals surface area contributed by atoms with Gasteiger partial charge in [0, 0.05) is 30.3 Å². The van der Waals surface area contributed by atoms with Gasteiger partial charge in [0.15, 0.2) is 5.57 Å². The lowest BCUT2D eigenvalue weighted by Crippen LogP contribution is -2.18. The number of para-hydroxylation sites is 1. The molecule has 28 heavy (non-hydrogen) atoms. The first kappa shape index (κ1) is 18.4. The number of pyridine rings is 1. The number of rotatable bonds is 5. The molecule has 1 aromatic heterocycles. The Bertz CT molecular complexity index is 1080. The van der Waals surface area contributed by atoms with Crippen LogP contribution in [0.2, 0.25) is 0 Å². The molecular formula is C23H16N5+. The third-order valence-electron chi connectivity index (χ3n) is 4.20. The average Bonchev–Trinajstić information content (AvgIpc) is 2.77. The van der Waals surface area contributed by atoms with Crippen molar-refractivity contribution in [1.29, 1.82) is 10.5 Å². The molecule has 0 radical (unpaired) electrons. The van der Waals surface area contributed by atoms with E-state index in [1.165, 1.54) is 0 Å². The standard InChI is InChI=1S/C23H15N5/c24-13-20(14-25)23(15-26)19-8-10-22(11-9-19)28(21-6-2-1-3-7-21)17-18-5-4-12-27-16-18/h1-12,16H,17H2/p+1. The maximum atomic E-state index is 9.36. The lowest BCUT2D eigenvalue weighted by Gasteiger charge is -2.25. The fourth-order valence-corrected chi connectivity index (χ4v) is 2.83. The molecule has 0 bridgehead atoms. The zero-order valence-corrected chi connectivity index (χ0v) is 15.0. The van der Waals surface area contributed by atoms with Gasteiger partial charge in [0.1, 0.15) is 12.1 Å². The number of hydrogen-bond acceptors (Lipinski definition) is 4. The van der Waals surface area contributed by atoms with E-state index in [0.717, 1.165) is 16.9 Å². The normalized spacial score (nSPS) is 10.8.